The van der Waals surface area contributed by atoms with Crippen molar-refractivity contribution in [1.82, 2.24) is 0 Å². The Morgan fingerprint density at radius 2 is 1.74 bits per heavy atom. The van der Waals surface area contributed by atoms with Crippen LogP contribution in [0.1, 0.15) is 11.1 Å². The molecule has 0 bridgehead atoms. The highest BCUT2D eigenvalue weighted by Gasteiger charge is 2.04. The van der Waals surface area contributed by atoms with Gasteiger partial charge in [-0.05, 0) is 35.4 Å². The normalized spacial score (nSPS) is 11.2. The topological polar surface area (TPSA) is 53.7 Å². The van der Waals surface area contributed by atoms with Crippen LogP contribution in [0.3, 0.4) is 0 Å². The largest absolute Gasteiger partial charge is 0.508 e. The van der Waals surface area contributed by atoms with Gasteiger partial charge in [0.05, 0.1) is 0 Å². The van der Waals surface area contributed by atoms with Crippen molar-refractivity contribution in [2.45, 2.75) is 0 Å². The monoisotopic (exact) mass is 307 g/mol. The lowest BCUT2D eigenvalue weighted by Gasteiger charge is -2.11. The van der Waals surface area contributed by atoms with Crippen LogP contribution in [-0.2, 0) is 0 Å². The molecule has 0 fully saturated rings. The number of phenols is 1. The Balaban J connectivity index is 1.99. The SMILES string of the molecule is CN(C)c1ccc(/C=C/c2cc(=O)oc3cc(O)ccc23)cc1. The lowest BCUT2D eigenvalue weighted by molar-refractivity contribution is 0.473. The molecule has 0 aliphatic carbocycles. The molecule has 4 nitrogen and oxygen atoms in total. The van der Waals surface area contributed by atoms with Crippen LogP contribution in [0.2, 0.25) is 0 Å². The summed E-state index contributed by atoms with van der Waals surface area (Å²) in [6.07, 6.45) is 3.82. The fraction of sp³-hybridized carbons (Fsp3) is 0.105. The lowest BCUT2D eigenvalue weighted by Crippen LogP contribution is -2.07. The van der Waals surface area contributed by atoms with E-state index in [2.05, 4.69) is 0 Å². The molecule has 2 aromatic carbocycles. The van der Waals surface area contributed by atoms with E-state index in [9.17, 15) is 9.90 Å². The molecule has 0 saturated carbocycles. The predicted octanol–water partition coefficient (Wildman–Crippen LogP) is 3.74. The van der Waals surface area contributed by atoms with E-state index in [4.69, 9.17) is 4.42 Å². The summed E-state index contributed by atoms with van der Waals surface area (Å²) < 4.78 is 5.12. The maximum absolute atomic E-state index is 11.7. The van der Waals surface area contributed by atoms with Crippen molar-refractivity contribution in [3.05, 3.63) is 70.1 Å². The van der Waals surface area contributed by atoms with Gasteiger partial charge in [0.15, 0.2) is 0 Å². The molecule has 1 N–H and O–H groups in total. The fourth-order valence-electron chi connectivity index (χ4n) is 2.38. The summed E-state index contributed by atoms with van der Waals surface area (Å²) in [7, 11) is 3.99. The molecule has 3 rings (SSSR count). The minimum atomic E-state index is -0.439. The van der Waals surface area contributed by atoms with E-state index in [0.29, 0.717) is 5.58 Å². The van der Waals surface area contributed by atoms with Gasteiger partial charge < -0.3 is 14.4 Å². The van der Waals surface area contributed by atoms with Crippen LogP contribution < -0.4 is 10.5 Å². The maximum Gasteiger partial charge on any atom is 0.336 e. The summed E-state index contributed by atoms with van der Waals surface area (Å²) >= 11 is 0. The molecular formula is C19H17NO3. The molecule has 0 radical (unpaired) electrons. The van der Waals surface area contributed by atoms with Crippen molar-refractivity contribution >= 4 is 28.8 Å². The van der Waals surface area contributed by atoms with Gasteiger partial charge in [0.25, 0.3) is 0 Å². The van der Waals surface area contributed by atoms with Gasteiger partial charge in [-0.25, -0.2) is 4.79 Å². The second kappa shape index (κ2) is 6.01. The Morgan fingerprint density at radius 3 is 2.43 bits per heavy atom. The minimum Gasteiger partial charge on any atom is -0.508 e. The highest BCUT2D eigenvalue weighted by Crippen LogP contribution is 2.23. The van der Waals surface area contributed by atoms with Crippen LogP contribution in [0.4, 0.5) is 5.69 Å². The van der Waals surface area contributed by atoms with E-state index in [-0.39, 0.29) is 5.75 Å². The Labute approximate surface area is 133 Å². The summed E-state index contributed by atoms with van der Waals surface area (Å²) in [4.78, 5) is 13.7. The van der Waals surface area contributed by atoms with Crippen molar-refractivity contribution in [1.29, 1.82) is 0 Å². The molecule has 0 saturated heterocycles. The van der Waals surface area contributed by atoms with Crippen LogP contribution in [0.15, 0.2) is 57.7 Å². The molecule has 0 aliphatic rings. The summed E-state index contributed by atoms with van der Waals surface area (Å²) in [6, 6.07) is 14.3. The third-order valence-corrected chi connectivity index (χ3v) is 3.62. The third-order valence-electron chi connectivity index (χ3n) is 3.62. The van der Waals surface area contributed by atoms with Crippen LogP contribution >= 0.6 is 0 Å². The Morgan fingerprint density at radius 1 is 1.00 bits per heavy atom. The van der Waals surface area contributed by atoms with E-state index in [1.54, 1.807) is 12.1 Å². The van der Waals surface area contributed by atoms with Crippen molar-refractivity contribution in [2.24, 2.45) is 0 Å². The van der Waals surface area contributed by atoms with Crippen LogP contribution in [0.25, 0.3) is 23.1 Å². The second-order valence-electron chi connectivity index (χ2n) is 5.52. The van der Waals surface area contributed by atoms with Gasteiger partial charge in [-0.2, -0.15) is 0 Å². The van der Waals surface area contributed by atoms with E-state index in [1.807, 2.05) is 55.4 Å². The number of nitrogens with zero attached hydrogens (tertiary/aromatic N) is 1. The number of rotatable bonds is 3. The standard InChI is InChI=1S/C19H17NO3/c1-20(2)15-7-4-13(5-8-15)3-6-14-11-19(22)23-18-12-16(21)9-10-17(14)18/h3-12,21H,1-2H3/b6-3+. The van der Waals surface area contributed by atoms with Gasteiger partial charge in [-0.1, -0.05) is 24.3 Å². The molecule has 0 aliphatic heterocycles. The lowest BCUT2D eigenvalue weighted by atomic mass is 10.1. The predicted molar refractivity (Wildman–Crippen MR) is 93.8 cm³/mol. The number of aromatic hydroxyl groups is 1. The molecule has 1 aromatic heterocycles. The highest BCUT2D eigenvalue weighted by molar-refractivity contribution is 5.89. The van der Waals surface area contributed by atoms with E-state index >= 15 is 0 Å². The van der Waals surface area contributed by atoms with E-state index in [1.165, 1.54) is 12.1 Å². The number of benzene rings is 2. The zero-order valence-electron chi connectivity index (χ0n) is 13.0. The van der Waals surface area contributed by atoms with E-state index < -0.39 is 5.63 Å². The van der Waals surface area contributed by atoms with Crippen LogP contribution in [0.5, 0.6) is 5.75 Å². The smallest absolute Gasteiger partial charge is 0.336 e. The van der Waals surface area contributed by atoms with Crippen LogP contribution in [-0.4, -0.2) is 19.2 Å². The first-order chi connectivity index (χ1) is 11.0. The Kier molecular flexibility index (Phi) is 3.89. The van der Waals surface area contributed by atoms with Crippen molar-refractivity contribution < 1.29 is 9.52 Å². The summed E-state index contributed by atoms with van der Waals surface area (Å²) in [6.45, 7) is 0. The zero-order chi connectivity index (χ0) is 16.4. The van der Waals surface area contributed by atoms with Gasteiger partial charge in [0.2, 0.25) is 0 Å². The van der Waals surface area contributed by atoms with Gasteiger partial charge in [0.1, 0.15) is 11.3 Å². The van der Waals surface area contributed by atoms with Crippen LogP contribution in [0, 0.1) is 0 Å². The van der Waals surface area contributed by atoms with Crippen molar-refractivity contribution in [2.75, 3.05) is 19.0 Å². The fourth-order valence-corrected chi connectivity index (χ4v) is 2.38. The van der Waals surface area contributed by atoms with Crippen molar-refractivity contribution in [3.8, 4) is 5.75 Å². The average Bonchev–Trinajstić information content (AvgIpc) is 2.52. The maximum atomic E-state index is 11.7. The first-order valence-corrected chi connectivity index (χ1v) is 7.25. The number of hydrogen-bond acceptors (Lipinski definition) is 4. The van der Waals surface area contributed by atoms with Gasteiger partial charge in [0, 0.05) is 37.3 Å². The Hall–Kier alpha value is -3.01. The van der Waals surface area contributed by atoms with E-state index in [0.717, 1.165) is 22.2 Å². The first kappa shape index (κ1) is 14.9. The quantitative estimate of drug-likeness (QED) is 0.749. The summed E-state index contributed by atoms with van der Waals surface area (Å²) in [5.74, 6) is 0.0704. The van der Waals surface area contributed by atoms with Gasteiger partial charge >= 0.3 is 5.63 Å². The minimum absolute atomic E-state index is 0.0704. The molecular weight excluding hydrogens is 290 g/mol. The molecule has 23 heavy (non-hydrogen) atoms. The van der Waals surface area contributed by atoms with Gasteiger partial charge in [-0.3, -0.25) is 0 Å². The highest BCUT2D eigenvalue weighted by atomic mass is 16.4. The number of anilines is 1. The number of hydrogen-bond donors (Lipinski definition) is 1. The molecule has 0 spiro atoms. The third kappa shape index (κ3) is 3.26. The second-order valence-corrected chi connectivity index (χ2v) is 5.52. The molecule has 0 atom stereocenters. The summed E-state index contributed by atoms with van der Waals surface area (Å²) in [5.41, 5.74) is 2.86. The molecule has 0 unspecified atom stereocenters. The Bertz CT molecular complexity index is 921. The molecule has 4 heteroatoms. The molecule has 1 heterocycles. The average molecular weight is 307 g/mol. The number of phenolic OH excluding ortho intramolecular Hbond substituents is 1. The zero-order valence-corrected chi connectivity index (χ0v) is 13.0. The number of fused-ring (bicyclic) bond motifs is 1. The molecule has 3 aromatic rings. The first-order valence-electron chi connectivity index (χ1n) is 7.25. The molecule has 0 amide bonds. The summed E-state index contributed by atoms with van der Waals surface area (Å²) in [5, 5.41) is 10.3. The van der Waals surface area contributed by atoms with Crippen molar-refractivity contribution in [3.63, 3.8) is 0 Å². The molecule has 116 valence electrons. The van der Waals surface area contributed by atoms with Gasteiger partial charge in [-0.15, -0.1) is 0 Å².